The van der Waals surface area contributed by atoms with E-state index in [4.69, 9.17) is 0 Å². The highest BCUT2D eigenvalue weighted by Gasteiger charge is 2.14. The molecule has 2 N–H and O–H groups in total. The number of nitrogens with zero attached hydrogens (tertiary/aromatic N) is 2. The van der Waals surface area contributed by atoms with Crippen molar-refractivity contribution in [1.29, 1.82) is 0 Å². The average molecular weight is 333 g/mol. The topological polar surface area (TPSA) is 49.8 Å². The van der Waals surface area contributed by atoms with E-state index in [9.17, 15) is 13.2 Å². The van der Waals surface area contributed by atoms with Gasteiger partial charge < -0.3 is 10.6 Å². The van der Waals surface area contributed by atoms with Gasteiger partial charge in [-0.05, 0) is 12.1 Å². The van der Waals surface area contributed by atoms with E-state index in [2.05, 4.69) is 36.5 Å². The number of nitrogens with one attached hydrogen (secondary N) is 2. The first-order valence-electron chi connectivity index (χ1n) is 5.13. The van der Waals surface area contributed by atoms with E-state index in [0.29, 0.717) is 0 Å². The third-order valence-corrected chi connectivity index (χ3v) is 2.68. The van der Waals surface area contributed by atoms with Gasteiger partial charge in [0, 0.05) is 11.5 Å². The van der Waals surface area contributed by atoms with Crippen LogP contribution < -0.4 is 10.6 Å². The van der Waals surface area contributed by atoms with Crippen molar-refractivity contribution in [2.45, 2.75) is 0 Å². The lowest BCUT2D eigenvalue weighted by Gasteiger charge is -2.10. The van der Waals surface area contributed by atoms with Gasteiger partial charge in [-0.2, -0.15) is 4.98 Å². The van der Waals surface area contributed by atoms with Crippen molar-refractivity contribution in [1.82, 2.24) is 9.97 Å². The molecule has 2 aromatic rings. The summed E-state index contributed by atoms with van der Waals surface area (Å²) in [6, 6.07) is 2.12. The minimum absolute atomic E-state index is 0.127. The number of benzene rings is 1. The molecule has 19 heavy (non-hydrogen) atoms. The molecule has 4 nitrogen and oxygen atoms in total. The summed E-state index contributed by atoms with van der Waals surface area (Å²) < 4.78 is 40.9. The van der Waals surface area contributed by atoms with E-state index >= 15 is 0 Å². The highest BCUT2D eigenvalue weighted by molar-refractivity contribution is 9.10. The van der Waals surface area contributed by atoms with Gasteiger partial charge in [0.1, 0.15) is 5.69 Å². The third kappa shape index (κ3) is 2.95. The molecule has 0 aliphatic heterocycles. The van der Waals surface area contributed by atoms with E-state index in [1.54, 1.807) is 0 Å². The van der Waals surface area contributed by atoms with E-state index in [-0.39, 0.29) is 16.2 Å². The van der Waals surface area contributed by atoms with Crippen LogP contribution in [0.3, 0.4) is 0 Å². The van der Waals surface area contributed by atoms with Crippen LogP contribution in [0.25, 0.3) is 0 Å². The van der Waals surface area contributed by atoms with Crippen molar-refractivity contribution in [3.63, 3.8) is 0 Å². The predicted molar refractivity (Wildman–Crippen MR) is 68.9 cm³/mol. The molecule has 0 spiro atoms. The first-order chi connectivity index (χ1) is 9.01. The van der Waals surface area contributed by atoms with Gasteiger partial charge in [0.25, 0.3) is 0 Å². The number of aromatic nitrogens is 2. The van der Waals surface area contributed by atoms with Gasteiger partial charge in [-0.1, -0.05) is 15.9 Å². The van der Waals surface area contributed by atoms with Crippen LogP contribution in [0, 0.1) is 17.5 Å². The lowest BCUT2D eigenvalue weighted by atomic mass is 10.3. The van der Waals surface area contributed by atoms with E-state index < -0.39 is 23.1 Å². The maximum Gasteiger partial charge on any atom is 0.224 e. The zero-order chi connectivity index (χ0) is 14.0. The fraction of sp³-hybridized carbons (Fsp3) is 0.0909. The first kappa shape index (κ1) is 13.6. The molecule has 0 saturated carbocycles. The highest BCUT2D eigenvalue weighted by Crippen LogP contribution is 2.27. The normalized spacial score (nSPS) is 10.4. The summed E-state index contributed by atoms with van der Waals surface area (Å²) in [5, 5.41) is 4.87. The van der Waals surface area contributed by atoms with Crippen LogP contribution in [-0.2, 0) is 0 Å². The van der Waals surface area contributed by atoms with Gasteiger partial charge in [0.2, 0.25) is 5.95 Å². The monoisotopic (exact) mass is 332 g/mol. The SMILES string of the molecule is CNc1ncc(F)c(Nc2c(F)cc(Br)cc2F)n1. The Labute approximate surface area is 115 Å². The van der Waals surface area contributed by atoms with Crippen molar-refractivity contribution < 1.29 is 13.2 Å². The number of anilines is 3. The molecule has 1 aromatic heterocycles. The van der Waals surface area contributed by atoms with Gasteiger partial charge in [-0.25, -0.2) is 18.2 Å². The number of rotatable bonds is 3. The zero-order valence-electron chi connectivity index (χ0n) is 9.64. The Balaban J connectivity index is 2.41. The molecule has 0 aliphatic carbocycles. The van der Waals surface area contributed by atoms with Gasteiger partial charge in [0.15, 0.2) is 23.3 Å². The molecule has 100 valence electrons. The zero-order valence-corrected chi connectivity index (χ0v) is 11.2. The molecule has 0 atom stereocenters. The van der Waals surface area contributed by atoms with Gasteiger partial charge >= 0.3 is 0 Å². The Kier molecular flexibility index (Phi) is 3.89. The maximum absolute atomic E-state index is 13.6. The largest absolute Gasteiger partial charge is 0.357 e. The molecule has 0 radical (unpaired) electrons. The molecule has 0 fully saturated rings. The second-order valence-electron chi connectivity index (χ2n) is 3.51. The first-order valence-corrected chi connectivity index (χ1v) is 5.92. The lowest BCUT2D eigenvalue weighted by Crippen LogP contribution is -2.05. The van der Waals surface area contributed by atoms with Crippen LogP contribution in [0.15, 0.2) is 22.8 Å². The minimum Gasteiger partial charge on any atom is -0.357 e. The van der Waals surface area contributed by atoms with Gasteiger partial charge in [0.05, 0.1) is 6.20 Å². The van der Waals surface area contributed by atoms with Crippen LogP contribution in [0.1, 0.15) is 0 Å². The van der Waals surface area contributed by atoms with Crippen molar-refractivity contribution >= 4 is 33.4 Å². The predicted octanol–water partition coefficient (Wildman–Crippen LogP) is 3.44. The Morgan fingerprint density at radius 1 is 1.11 bits per heavy atom. The van der Waals surface area contributed by atoms with E-state index in [0.717, 1.165) is 18.3 Å². The smallest absolute Gasteiger partial charge is 0.224 e. The molecule has 1 heterocycles. The molecule has 0 aliphatic rings. The molecule has 0 saturated heterocycles. The van der Waals surface area contributed by atoms with Crippen LogP contribution in [0.2, 0.25) is 0 Å². The second-order valence-corrected chi connectivity index (χ2v) is 4.43. The second kappa shape index (κ2) is 5.43. The fourth-order valence-corrected chi connectivity index (χ4v) is 1.76. The summed E-state index contributed by atoms with van der Waals surface area (Å²) in [6.45, 7) is 0. The Hall–Kier alpha value is -1.83. The van der Waals surface area contributed by atoms with E-state index in [1.807, 2.05) is 0 Å². The maximum atomic E-state index is 13.6. The molecule has 1 aromatic carbocycles. The average Bonchev–Trinajstić information content (AvgIpc) is 2.35. The third-order valence-electron chi connectivity index (χ3n) is 2.22. The van der Waals surface area contributed by atoms with Crippen LogP contribution >= 0.6 is 15.9 Å². The number of hydrogen-bond donors (Lipinski definition) is 2. The molecule has 0 unspecified atom stereocenters. The van der Waals surface area contributed by atoms with E-state index in [1.165, 1.54) is 7.05 Å². The quantitative estimate of drug-likeness (QED) is 0.903. The van der Waals surface area contributed by atoms with Crippen molar-refractivity contribution in [3.8, 4) is 0 Å². The van der Waals surface area contributed by atoms with Gasteiger partial charge in [-0.15, -0.1) is 0 Å². The number of halogens is 4. The summed E-state index contributed by atoms with van der Waals surface area (Å²) in [4.78, 5) is 7.36. The summed E-state index contributed by atoms with van der Waals surface area (Å²) in [5.41, 5.74) is -0.483. The summed E-state index contributed by atoms with van der Waals surface area (Å²) in [6.07, 6.45) is 0.899. The number of hydrogen-bond acceptors (Lipinski definition) is 4. The molecule has 2 rings (SSSR count). The fourth-order valence-electron chi connectivity index (χ4n) is 1.36. The van der Waals surface area contributed by atoms with Crippen LogP contribution in [-0.4, -0.2) is 17.0 Å². The Bertz CT molecular complexity index is 598. The van der Waals surface area contributed by atoms with Crippen molar-refractivity contribution in [2.75, 3.05) is 17.7 Å². The van der Waals surface area contributed by atoms with Crippen molar-refractivity contribution in [2.24, 2.45) is 0 Å². The summed E-state index contributed by atoms with van der Waals surface area (Å²) >= 11 is 2.95. The van der Waals surface area contributed by atoms with Crippen LogP contribution in [0.5, 0.6) is 0 Å². The molecule has 8 heteroatoms. The standard InChI is InChI=1S/C11H8BrF3N4/c1-16-11-17-4-8(15)10(19-11)18-9-6(13)2-5(12)3-7(9)14/h2-4H,1H3,(H2,16,17,18,19). The Morgan fingerprint density at radius 3 is 2.32 bits per heavy atom. The van der Waals surface area contributed by atoms with Gasteiger partial charge in [-0.3, -0.25) is 0 Å². The molecule has 0 bridgehead atoms. The Morgan fingerprint density at radius 2 is 1.74 bits per heavy atom. The van der Waals surface area contributed by atoms with Crippen molar-refractivity contribution in [3.05, 3.63) is 40.3 Å². The summed E-state index contributed by atoms with van der Waals surface area (Å²) in [7, 11) is 1.54. The summed E-state index contributed by atoms with van der Waals surface area (Å²) in [5.74, 6) is -2.74. The minimum atomic E-state index is -0.865. The molecular weight excluding hydrogens is 325 g/mol. The highest BCUT2D eigenvalue weighted by atomic mass is 79.9. The molecular formula is C11H8BrF3N4. The van der Waals surface area contributed by atoms with Crippen LogP contribution in [0.4, 0.5) is 30.6 Å². The molecule has 0 amide bonds. The lowest BCUT2D eigenvalue weighted by molar-refractivity contribution is 0.586.